The van der Waals surface area contributed by atoms with Crippen LogP contribution < -0.4 is 10.6 Å². The summed E-state index contributed by atoms with van der Waals surface area (Å²) in [4.78, 5) is 22.7. The Morgan fingerprint density at radius 1 is 1.37 bits per heavy atom. The lowest BCUT2D eigenvalue weighted by Crippen LogP contribution is -2.43. The van der Waals surface area contributed by atoms with Crippen molar-refractivity contribution < 1.29 is 23.1 Å². The lowest BCUT2D eigenvalue weighted by molar-refractivity contribution is -0.138. The molecule has 0 unspecified atom stereocenters. The highest BCUT2D eigenvalue weighted by Crippen LogP contribution is 2.32. The normalized spacial score (nSPS) is 14.8. The summed E-state index contributed by atoms with van der Waals surface area (Å²) < 4.78 is 39.2. The number of alkyl halides is 3. The molecule has 2 amide bonds. The number of nitrogens with one attached hydrogen (secondary N) is 2. The molecule has 0 spiro atoms. The summed E-state index contributed by atoms with van der Waals surface area (Å²) in [6.07, 6.45) is -2.14. The fraction of sp³-hybridized carbons (Fsp3) is 0.450. The SMILES string of the molecule is Cc1ccc(CNC(=O)N2CCc3cnc(N[C@@H](C)CO)nc3C2)cc1C(F)(F)F. The predicted octanol–water partition coefficient (Wildman–Crippen LogP) is 2.86. The van der Waals surface area contributed by atoms with Gasteiger partial charge in [-0.2, -0.15) is 13.2 Å². The summed E-state index contributed by atoms with van der Waals surface area (Å²) in [7, 11) is 0. The maximum atomic E-state index is 13.1. The summed E-state index contributed by atoms with van der Waals surface area (Å²) in [6, 6.07) is 3.47. The van der Waals surface area contributed by atoms with E-state index in [2.05, 4.69) is 20.6 Å². The molecule has 162 valence electrons. The van der Waals surface area contributed by atoms with Gasteiger partial charge in [-0.1, -0.05) is 12.1 Å². The highest BCUT2D eigenvalue weighted by molar-refractivity contribution is 5.74. The number of aliphatic hydroxyl groups is 1. The number of aliphatic hydroxyl groups excluding tert-OH is 1. The van der Waals surface area contributed by atoms with Crippen LogP contribution in [0.2, 0.25) is 0 Å². The highest BCUT2D eigenvalue weighted by Gasteiger charge is 2.32. The number of aryl methyl sites for hydroxylation is 1. The fourth-order valence-corrected chi connectivity index (χ4v) is 3.19. The first-order chi connectivity index (χ1) is 14.2. The molecule has 30 heavy (non-hydrogen) atoms. The molecule has 7 nitrogen and oxygen atoms in total. The van der Waals surface area contributed by atoms with Gasteiger partial charge in [0.2, 0.25) is 5.95 Å². The summed E-state index contributed by atoms with van der Waals surface area (Å²) in [6.45, 7) is 3.86. The number of aromatic nitrogens is 2. The van der Waals surface area contributed by atoms with Crippen molar-refractivity contribution in [3.8, 4) is 0 Å². The lowest BCUT2D eigenvalue weighted by Gasteiger charge is -2.28. The third-order valence-electron chi connectivity index (χ3n) is 4.93. The number of hydrogen-bond acceptors (Lipinski definition) is 5. The zero-order valence-corrected chi connectivity index (χ0v) is 16.8. The molecule has 0 fully saturated rings. The largest absolute Gasteiger partial charge is 0.416 e. The molecule has 1 atom stereocenters. The van der Waals surface area contributed by atoms with Crippen molar-refractivity contribution in [1.29, 1.82) is 0 Å². The molecular weight excluding hydrogens is 399 g/mol. The summed E-state index contributed by atoms with van der Waals surface area (Å²) in [5, 5.41) is 14.8. The standard InChI is InChI=1S/C20H24F3N5O2/c1-12-3-4-14(7-16(12)20(21,22)23)8-25-19(30)28-6-5-15-9-24-18(26-13(2)11-29)27-17(15)10-28/h3-4,7,9,13,29H,5-6,8,10-11H2,1-2H3,(H,25,30)(H,24,26,27)/t13-/m0/s1. The molecule has 1 aliphatic heterocycles. The number of benzene rings is 1. The Labute approximate surface area is 172 Å². The van der Waals surface area contributed by atoms with Crippen molar-refractivity contribution in [2.45, 2.75) is 45.6 Å². The molecule has 0 saturated heterocycles. The Bertz CT molecular complexity index is 920. The molecule has 3 N–H and O–H groups in total. The lowest BCUT2D eigenvalue weighted by atomic mass is 10.0. The van der Waals surface area contributed by atoms with Crippen LogP contribution in [0.1, 0.15) is 34.9 Å². The van der Waals surface area contributed by atoms with Gasteiger partial charge in [0.15, 0.2) is 0 Å². The molecular formula is C20H24F3N5O2. The van der Waals surface area contributed by atoms with Gasteiger partial charge < -0.3 is 20.6 Å². The van der Waals surface area contributed by atoms with E-state index in [0.717, 1.165) is 11.6 Å². The van der Waals surface area contributed by atoms with Crippen molar-refractivity contribution in [2.24, 2.45) is 0 Å². The minimum Gasteiger partial charge on any atom is -0.394 e. The number of carbonyl (C=O) groups excluding carboxylic acids is 1. The Morgan fingerprint density at radius 3 is 2.83 bits per heavy atom. The van der Waals surface area contributed by atoms with Crippen molar-refractivity contribution in [2.75, 3.05) is 18.5 Å². The van der Waals surface area contributed by atoms with Gasteiger partial charge in [-0.15, -0.1) is 0 Å². The molecule has 2 aromatic rings. The van der Waals surface area contributed by atoms with E-state index in [4.69, 9.17) is 5.11 Å². The fourth-order valence-electron chi connectivity index (χ4n) is 3.19. The van der Waals surface area contributed by atoms with E-state index in [1.165, 1.54) is 13.0 Å². The van der Waals surface area contributed by atoms with Gasteiger partial charge in [0.05, 0.1) is 24.4 Å². The third kappa shape index (κ3) is 5.18. The second-order valence-corrected chi connectivity index (χ2v) is 7.37. The number of nitrogens with zero attached hydrogens (tertiary/aromatic N) is 3. The Morgan fingerprint density at radius 2 is 2.13 bits per heavy atom. The van der Waals surface area contributed by atoms with E-state index < -0.39 is 11.7 Å². The second kappa shape index (κ2) is 8.86. The van der Waals surface area contributed by atoms with Crippen LogP contribution in [-0.4, -0.2) is 45.2 Å². The summed E-state index contributed by atoms with van der Waals surface area (Å²) in [5.41, 5.74) is 1.47. The Hall–Kier alpha value is -2.88. The number of fused-ring (bicyclic) bond motifs is 1. The first-order valence-corrected chi connectivity index (χ1v) is 9.59. The molecule has 3 rings (SSSR count). The number of hydrogen-bond donors (Lipinski definition) is 3. The first kappa shape index (κ1) is 21.8. The molecule has 1 aliphatic rings. The molecule has 0 saturated carbocycles. The molecule has 1 aromatic carbocycles. The van der Waals surface area contributed by atoms with Crippen LogP contribution in [0.3, 0.4) is 0 Å². The van der Waals surface area contributed by atoms with Gasteiger partial charge in [0.1, 0.15) is 0 Å². The molecule has 10 heteroatoms. The minimum absolute atomic E-state index is 0.00382. The van der Waals surface area contributed by atoms with Crippen molar-refractivity contribution in [3.05, 3.63) is 52.3 Å². The van der Waals surface area contributed by atoms with Crippen LogP contribution in [0.25, 0.3) is 0 Å². The third-order valence-corrected chi connectivity index (χ3v) is 4.93. The van der Waals surface area contributed by atoms with Gasteiger partial charge in [0, 0.05) is 25.3 Å². The average molecular weight is 423 g/mol. The maximum absolute atomic E-state index is 13.1. The average Bonchev–Trinajstić information content (AvgIpc) is 2.71. The van der Waals surface area contributed by atoms with Gasteiger partial charge in [-0.05, 0) is 43.0 Å². The molecule has 2 heterocycles. The van der Waals surface area contributed by atoms with E-state index in [0.29, 0.717) is 30.2 Å². The smallest absolute Gasteiger partial charge is 0.394 e. The number of anilines is 1. The van der Waals surface area contributed by atoms with Crippen molar-refractivity contribution >= 4 is 12.0 Å². The first-order valence-electron chi connectivity index (χ1n) is 9.59. The van der Waals surface area contributed by atoms with E-state index >= 15 is 0 Å². The van der Waals surface area contributed by atoms with E-state index in [1.54, 1.807) is 24.1 Å². The van der Waals surface area contributed by atoms with Crippen LogP contribution in [0.15, 0.2) is 24.4 Å². The van der Waals surface area contributed by atoms with Gasteiger partial charge in [0.25, 0.3) is 0 Å². The van der Waals surface area contributed by atoms with Crippen LogP contribution >= 0.6 is 0 Å². The molecule has 0 aliphatic carbocycles. The monoisotopic (exact) mass is 423 g/mol. The summed E-state index contributed by atoms with van der Waals surface area (Å²) >= 11 is 0. The minimum atomic E-state index is -4.43. The zero-order chi connectivity index (χ0) is 21.9. The molecule has 0 bridgehead atoms. The number of rotatable bonds is 5. The van der Waals surface area contributed by atoms with Crippen LogP contribution in [0, 0.1) is 6.92 Å². The summed E-state index contributed by atoms with van der Waals surface area (Å²) in [5.74, 6) is 0.372. The predicted molar refractivity (Wildman–Crippen MR) is 105 cm³/mol. The maximum Gasteiger partial charge on any atom is 0.416 e. The van der Waals surface area contributed by atoms with E-state index in [-0.39, 0.29) is 37.3 Å². The number of halogens is 3. The highest BCUT2D eigenvalue weighted by atomic mass is 19.4. The molecule has 1 aromatic heterocycles. The van der Waals surface area contributed by atoms with E-state index in [1.807, 2.05) is 0 Å². The Kier molecular flexibility index (Phi) is 6.45. The number of urea groups is 1. The molecule has 0 radical (unpaired) electrons. The number of amides is 2. The topological polar surface area (TPSA) is 90.4 Å². The van der Waals surface area contributed by atoms with Gasteiger partial charge >= 0.3 is 12.2 Å². The van der Waals surface area contributed by atoms with Crippen LogP contribution in [-0.2, 0) is 25.7 Å². The Balaban J connectivity index is 1.63. The zero-order valence-electron chi connectivity index (χ0n) is 16.8. The van der Waals surface area contributed by atoms with Gasteiger partial charge in [-0.25, -0.2) is 14.8 Å². The number of carbonyl (C=O) groups is 1. The quantitative estimate of drug-likeness (QED) is 0.688. The van der Waals surface area contributed by atoms with Gasteiger partial charge in [-0.3, -0.25) is 0 Å². The van der Waals surface area contributed by atoms with Crippen LogP contribution in [0.5, 0.6) is 0 Å². The van der Waals surface area contributed by atoms with Crippen molar-refractivity contribution in [1.82, 2.24) is 20.2 Å². The van der Waals surface area contributed by atoms with Crippen molar-refractivity contribution in [3.63, 3.8) is 0 Å². The van der Waals surface area contributed by atoms with E-state index in [9.17, 15) is 18.0 Å². The van der Waals surface area contributed by atoms with Crippen LogP contribution in [0.4, 0.5) is 23.9 Å². The second-order valence-electron chi connectivity index (χ2n) is 7.37.